The molecule has 0 radical (unpaired) electrons. The van der Waals surface area contributed by atoms with E-state index in [1.54, 1.807) is 0 Å². The van der Waals surface area contributed by atoms with E-state index >= 15 is 0 Å². The van der Waals surface area contributed by atoms with Crippen molar-refractivity contribution in [1.29, 1.82) is 0 Å². The van der Waals surface area contributed by atoms with E-state index in [-0.39, 0.29) is 47.0 Å². The largest absolute Gasteiger partial charge is 0.366 e. The van der Waals surface area contributed by atoms with Crippen molar-refractivity contribution in [3.8, 4) is 0 Å². The van der Waals surface area contributed by atoms with E-state index in [4.69, 9.17) is 5.73 Å². The fourth-order valence-corrected chi connectivity index (χ4v) is 6.03. The SMILES string of the molecule is Cc1c(F)cc(C(N)=O)cc1NC(=O)CCNC(=O)C12CC3CC(CC(C3)C1)C2. The van der Waals surface area contributed by atoms with Gasteiger partial charge in [-0.25, -0.2) is 4.39 Å². The summed E-state index contributed by atoms with van der Waals surface area (Å²) in [5, 5.41) is 5.58. The van der Waals surface area contributed by atoms with Crippen LogP contribution in [-0.4, -0.2) is 24.3 Å². The Morgan fingerprint density at radius 2 is 1.69 bits per heavy atom. The first-order chi connectivity index (χ1) is 13.8. The fraction of sp³-hybridized carbons (Fsp3) is 0.591. The molecule has 0 saturated heterocycles. The second kappa shape index (κ2) is 7.43. The minimum absolute atomic E-state index is 0.00137. The van der Waals surface area contributed by atoms with E-state index in [1.165, 1.54) is 32.3 Å². The van der Waals surface area contributed by atoms with Crippen molar-refractivity contribution < 1.29 is 18.8 Å². The smallest absolute Gasteiger partial charge is 0.248 e. The van der Waals surface area contributed by atoms with Gasteiger partial charge in [-0.15, -0.1) is 0 Å². The number of nitrogens with one attached hydrogen (secondary N) is 2. The minimum atomic E-state index is -0.762. The second-order valence-electron chi connectivity index (χ2n) is 9.25. The highest BCUT2D eigenvalue weighted by molar-refractivity contribution is 5.97. The monoisotopic (exact) mass is 401 g/mol. The molecule has 29 heavy (non-hydrogen) atoms. The van der Waals surface area contributed by atoms with Crippen LogP contribution in [0, 0.1) is 35.9 Å². The highest BCUT2D eigenvalue weighted by Gasteiger charge is 2.54. The van der Waals surface area contributed by atoms with Crippen molar-refractivity contribution in [3.05, 3.63) is 29.1 Å². The molecule has 0 unspecified atom stereocenters. The first-order valence-corrected chi connectivity index (χ1v) is 10.4. The molecule has 4 bridgehead atoms. The molecule has 4 fully saturated rings. The Morgan fingerprint density at radius 3 is 2.24 bits per heavy atom. The Morgan fingerprint density at radius 1 is 1.10 bits per heavy atom. The van der Waals surface area contributed by atoms with Gasteiger partial charge in [-0.2, -0.15) is 0 Å². The van der Waals surface area contributed by atoms with Gasteiger partial charge in [0.2, 0.25) is 17.7 Å². The predicted octanol–water partition coefficient (Wildman–Crippen LogP) is 2.89. The third-order valence-electron chi connectivity index (χ3n) is 7.06. The van der Waals surface area contributed by atoms with Crippen molar-refractivity contribution in [2.45, 2.75) is 51.9 Å². The average Bonchev–Trinajstić information content (AvgIpc) is 2.64. The Kier molecular flexibility index (Phi) is 5.09. The first kappa shape index (κ1) is 19.9. The number of nitrogens with two attached hydrogens (primary N) is 1. The number of amides is 3. The lowest BCUT2D eigenvalue weighted by Crippen LogP contribution is -2.53. The van der Waals surface area contributed by atoms with E-state index < -0.39 is 11.7 Å². The average molecular weight is 401 g/mol. The van der Waals surface area contributed by atoms with Crippen LogP contribution in [0.2, 0.25) is 0 Å². The number of carbonyl (C=O) groups is 3. The summed E-state index contributed by atoms with van der Waals surface area (Å²) in [7, 11) is 0. The zero-order chi connectivity index (χ0) is 20.8. The van der Waals surface area contributed by atoms with Crippen molar-refractivity contribution >= 4 is 23.4 Å². The fourth-order valence-electron chi connectivity index (χ4n) is 6.03. The molecular formula is C22H28FN3O3. The van der Waals surface area contributed by atoms with E-state index in [0.717, 1.165) is 25.3 Å². The summed E-state index contributed by atoms with van der Waals surface area (Å²) >= 11 is 0. The molecule has 0 heterocycles. The topological polar surface area (TPSA) is 101 Å². The van der Waals surface area contributed by atoms with Crippen LogP contribution in [0.25, 0.3) is 0 Å². The molecule has 7 heteroatoms. The lowest BCUT2D eigenvalue weighted by atomic mass is 9.49. The number of halogens is 1. The van der Waals surface area contributed by atoms with E-state index in [0.29, 0.717) is 17.8 Å². The van der Waals surface area contributed by atoms with Gasteiger partial charge in [0.05, 0.1) is 0 Å². The van der Waals surface area contributed by atoms with Gasteiger partial charge in [-0.1, -0.05) is 0 Å². The van der Waals surface area contributed by atoms with Gasteiger partial charge in [0.15, 0.2) is 0 Å². The maximum atomic E-state index is 14.0. The van der Waals surface area contributed by atoms with Crippen LogP contribution in [0.3, 0.4) is 0 Å². The highest BCUT2D eigenvalue weighted by Crippen LogP contribution is 2.60. The summed E-state index contributed by atoms with van der Waals surface area (Å²) in [6, 6.07) is 2.42. The number of hydrogen-bond donors (Lipinski definition) is 3. The van der Waals surface area contributed by atoms with Gasteiger partial charge < -0.3 is 16.4 Å². The summed E-state index contributed by atoms with van der Waals surface area (Å²) in [4.78, 5) is 36.5. The van der Waals surface area contributed by atoms with Crippen molar-refractivity contribution in [1.82, 2.24) is 5.32 Å². The van der Waals surface area contributed by atoms with Crippen LogP contribution >= 0.6 is 0 Å². The molecular weight excluding hydrogens is 373 g/mol. The Bertz CT molecular complexity index is 832. The number of rotatable bonds is 6. The van der Waals surface area contributed by atoms with Crippen molar-refractivity contribution in [2.24, 2.45) is 28.9 Å². The molecule has 4 aliphatic rings. The quantitative estimate of drug-likeness (QED) is 0.683. The molecule has 6 nitrogen and oxygen atoms in total. The molecule has 0 spiro atoms. The third kappa shape index (κ3) is 3.87. The summed E-state index contributed by atoms with van der Waals surface area (Å²) in [6.07, 6.45) is 6.85. The molecule has 5 rings (SSSR count). The molecule has 3 amide bonds. The molecule has 4 aliphatic carbocycles. The van der Waals surface area contributed by atoms with Crippen molar-refractivity contribution in [3.63, 3.8) is 0 Å². The maximum Gasteiger partial charge on any atom is 0.248 e. The Hall–Kier alpha value is -2.44. The molecule has 0 aromatic heterocycles. The molecule has 156 valence electrons. The normalized spacial score (nSPS) is 29.5. The van der Waals surface area contributed by atoms with Crippen molar-refractivity contribution in [2.75, 3.05) is 11.9 Å². The van der Waals surface area contributed by atoms with Crippen LogP contribution < -0.4 is 16.4 Å². The Labute approximate surface area is 169 Å². The lowest BCUT2D eigenvalue weighted by Gasteiger charge is -2.55. The van der Waals surface area contributed by atoms with Gasteiger partial charge in [0.25, 0.3) is 0 Å². The number of primary amides is 1. The van der Waals surface area contributed by atoms with E-state index in [9.17, 15) is 18.8 Å². The number of carbonyl (C=O) groups excluding carboxylic acids is 3. The molecule has 0 atom stereocenters. The molecule has 4 N–H and O–H groups in total. The third-order valence-corrected chi connectivity index (χ3v) is 7.06. The second-order valence-corrected chi connectivity index (χ2v) is 9.25. The zero-order valence-electron chi connectivity index (χ0n) is 16.7. The summed E-state index contributed by atoms with van der Waals surface area (Å²) in [6.45, 7) is 1.76. The number of benzene rings is 1. The highest BCUT2D eigenvalue weighted by atomic mass is 19.1. The number of hydrogen-bond acceptors (Lipinski definition) is 3. The van der Waals surface area contributed by atoms with Crippen LogP contribution in [0.15, 0.2) is 12.1 Å². The summed E-state index contributed by atoms with van der Waals surface area (Å²) in [5.41, 5.74) is 5.42. The van der Waals surface area contributed by atoms with Gasteiger partial charge in [0.1, 0.15) is 5.82 Å². The minimum Gasteiger partial charge on any atom is -0.366 e. The molecule has 4 saturated carbocycles. The maximum absolute atomic E-state index is 14.0. The lowest BCUT2D eigenvalue weighted by molar-refractivity contribution is -0.146. The standard InChI is InChI=1S/C22H28FN3O3/c1-12-17(23)7-16(20(24)28)8-18(12)26-19(27)2-3-25-21(29)22-9-13-4-14(10-22)6-15(5-13)11-22/h7-8,13-15H,2-6,9-11H2,1H3,(H2,24,28)(H,25,29)(H,26,27). The van der Waals surface area contributed by atoms with Crippen LogP contribution in [0.4, 0.5) is 10.1 Å². The van der Waals surface area contributed by atoms with Gasteiger partial charge in [0, 0.05) is 35.2 Å². The molecule has 1 aromatic rings. The summed E-state index contributed by atoms with van der Waals surface area (Å²) in [5.74, 6) is 0.429. The van der Waals surface area contributed by atoms with Crippen LogP contribution in [-0.2, 0) is 9.59 Å². The predicted molar refractivity (Wildman–Crippen MR) is 107 cm³/mol. The van der Waals surface area contributed by atoms with Crippen LogP contribution in [0.1, 0.15) is 60.9 Å². The van der Waals surface area contributed by atoms with Crippen LogP contribution in [0.5, 0.6) is 0 Å². The number of anilines is 1. The van der Waals surface area contributed by atoms with E-state index in [2.05, 4.69) is 10.6 Å². The summed E-state index contributed by atoms with van der Waals surface area (Å²) < 4.78 is 14.0. The van der Waals surface area contributed by atoms with Gasteiger partial charge in [-0.05, 0) is 75.3 Å². The molecule has 1 aromatic carbocycles. The first-order valence-electron chi connectivity index (χ1n) is 10.4. The van der Waals surface area contributed by atoms with Gasteiger partial charge in [-0.3, -0.25) is 14.4 Å². The molecule has 0 aliphatic heterocycles. The Balaban J connectivity index is 1.32. The van der Waals surface area contributed by atoms with E-state index in [1.807, 2.05) is 0 Å². The zero-order valence-corrected chi connectivity index (χ0v) is 16.7. The van der Waals surface area contributed by atoms with Gasteiger partial charge >= 0.3 is 0 Å².